The average Bonchev–Trinajstić information content (AvgIpc) is 3.33. The van der Waals surface area contributed by atoms with Crippen molar-refractivity contribution in [1.82, 2.24) is 9.62 Å². The smallest absolute Gasteiger partial charge is 0.307 e. The van der Waals surface area contributed by atoms with Gasteiger partial charge in [0.05, 0.1) is 5.75 Å². The minimum atomic E-state index is -3.63. The van der Waals surface area contributed by atoms with Crippen molar-refractivity contribution in [3.8, 4) is 0 Å². The number of hydrogen-bond donors (Lipinski definition) is 2. The van der Waals surface area contributed by atoms with Gasteiger partial charge in [0.25, 0.3) is 0 Å². The van der Waals surface area contributed by atoms with E-state index in [0.29, 0.717) is 0 Å². The number of carbonyl (C=O) groups excluding carboxylic acids is 1. The topological polar surface area (TPSA) is 78.5 Å². The maximum absolute atomic E-state index is 12.5. The van der Waals surface area contributed by atoms with Gasteiger partial charge in [0, 0.05) is 63.6 Å². The summed E-state index contributed by atoms with van der Waals surface area (Å²) in [6.45, 7) is 4.75. The number of benzene rings is 1. The van der Waals surface area contributed by atoms with E-state index in [2.05, 4.69) is 27.9 Å². The second-order valence-electron chi connectivity index (χ2n) is 8.12. The van der Waals surface area contributed by atoms with Crippen molar-refractivity contribution in [2.45, 2.75) is 51.9 Å². The number of rotatable bonds is 5. The SMILES string of the molecule is CCN1CCC(CS(=O)(=O)NC(=O)Nc2c3c(cc4c2CCC4)CCC3)C1.[K]. The van der Waals surface area contributed by atoms with E-state index < -0.39 is 16.1 Å². The number of nitrogens with zero attached hydrogens (tertiary/aromatic N) is 1. The molecule has 1 aliphatic heterocycles. The number of sulfonamides is 1. The molecule has 1 heterocycles. The molecule has 1 saturated heterocycles. The van der Waals surface area contributed by atoms with E-state index >= 15 is 0 Å². The van der Waals surface area contributed by atoms with Gasteiger partial charge in [0.1, 0.15) is 0 Å². The summed E-state index contributed by atoms with van der Waals surface area (Å²) < 4.78 is 27.2. The van der Waals surface area contributed by atoms with E-state index in [1.807, 2.05) is 0 Å². The zero-order chi connectivity index (χ0) is 19.0. The first kappa shape index (κ1) is 22.7. The number of hydrogen-bond acceptors (Lipinski definition) is 4. The normalized spacial score (nSPS) is 21.1. The van der Waals surface area contributed by atoms with Crippen LogP contribution < -0.4 is 10.0 Å². The predicted octanol–water partition coefficient (Wildman–Crippen LogP) is 2.08. The first-order valence-corrected chi connectivity index (χ1v) is 11.8. The number of fused-ring (bicyclic) bond motifs is 2. The standard InChI is InChI=1S/C20H29N3O3S.K/c1-2-23-10-9-14(12-23)13-27(25,26)22-20(24)21-19-17-7-3-5-15(17)11-16-6-4-8-18(16)19;/h11,14H,2-10,12-13H2,1H3,(H2,21,22,24);. The minimum Gasteiger partial charge on any atom is -0.307 e. The van der Waals surface area contributed by atoms with E-state index in [1.165, 1.54) is 22.3 Å². The third-order valence-electron chi connectivity index (χ3n) is 6.23. The Hall–Kier alpha value is 0.0364. The number of nitrogens with one attached hydrogen (secondary N) is 2. The van der Waals surface area contributed by atoms with Crippen LogP contribution in [0.2, 0.25) is 0 Å². The molecule has 1 fully saturated rings. The van der Waals surface area contributed by atoms with Crippen LogP contribution in [0.1, 0.15) is 48.4 Å². The van der Waals surface area contributed by atoms with Crippen molar-refractivity contribution in [3.63, 3.8) is 0 Å². The Kier molecular flexibility index (Phi) is 7.67. The number of likely N-dealkylation sites (tertiary alicyclic amines) is 1. The van der Waals surface area contributed by atoms with Gasteiger partial charge in [0.2, 0.25) is 10.0 Å². The molecule has 6 nitrogen and oxygen atoms in total. The fourth-order valence-corrected chi connectivity index (χ4v) is 6.25. The second kappa shape index (κ2) is 9.45. The third-order valence-corrected chi connectivity index (χ3v) is 7.64. The number of amides is 2. The number of carbonyl (C=O) groups is 1. The van der Waals surface area contributed by atoms with Crippen molar-refractivity contribution in [2.75, 3.05) is 30.7 Å². The molecule has 0 saturated carbocycles. The molecule has 1 radical (unpaired) electrons. The number of urea groups is 1. The zero-order valence-electron chi connectivity index (χ0n) is 17.0. The van der Waals surface area contributed by atoms with Crippen LogP contribution in [0.4, 0.5) is 10.5 Å². The summed E-state index contributed by atoms with van der Waals surface area (Å²) >= 11 is 0. The van der Waals surface area contributed by atoms with Gasteiger partial charge >= 0.3 is 6.03 Å². The Bertz CT molecular complexity index is 824. The number of aryl methyl sites for hydroxylation is 2. The molecule has 0 aromatic heterocycles. The van der Waals surface area contributed by atoms with Gasteiger partial charge in [-0.15, -0.1) is 0 Å². The van der Waals surface area contributed by atoms with Gasteiger partial charge in [-0.3, -0.25) is 0 Å². The average molecular weight is 431 g/mol. The van der Waals surface area contributed by atoms with Gasteiger partial charge in [-0.25, -0.2) is 17.9 Å². The molecule has 1 atom stereocenters. The first-order valence-electron chi connectivity index (χ1n) is 10.2. The molecule has 2 aliphatic carbocycles. The van der Waals surface area contributed by atoms with Crippen LogP contribution in [-0.2, 0) is 35.7 Å². The molecule has 28 heavy (non-hydrogen) atoms. The Labute approximate surface area is 210 Å². The monoisotopic (exact) mass is 430 g/mol. The molecule has 0 spiro atoms. The van der Waals surface area contributed by atoms with Crippen molar-refractivity contribution >= 4 is 73.1 Å². The summed E-state index contributed by atoms with van der Waals surface area (Å²) in [6, 6.07) is 1.68. The van der Waals surface area contributed by atoms with Crippen LogP contribution >= 0.6 is 0 Å². The largest absolute Gasteiger partial charge is 0.332 e. The Morgan fingerprint density at radius 1 is 1.14 bits per heavy atom. The molecule has 4 rings (SSSR count). The van der Waals surface area contributed by atoms with Crippen LogP contribution in [0, 0.1) is 5.92 Å². The summed E-state index contributed by atoms with van der Waals surface area (Å²) in [5, 5.41) is 2.90. The molecule has 1 aromatic rings. The molecule has 2 N–H and O–H groups in total. The van der Waals surface area contributed by atoms with Gasteiger partial charge in [-0.1, -0.05) is 13.0 Å². The molecular weight excluding hydrogens is 401 g/mol. The zero-order valence-corrected chi connectivity index (χ0v) is 21.0. The summed E-state index contributed by atoms with van der Waals surface area (Å²) in [6.07, 6.45) is 7.08. The van der Waals surface area contributed by atoms with Gasteiger partial charge in [0.15, 0.2) is 0 Å². The van der Waals surface area contributed by atoms with Gasteiger partial charge in [-0.2, -0.15) is 0 Å². The molecule has 8 heteroatoms. The fourth-order valence-electron chi connectivity index (χ4n) is 4.94. The van der Waals surface area contributed by atoms with Gasteiger partial charge < -0.3 is 10.2 Å². The van der Waals surface area contributed by atoms with E-state index in [0.717, 1.165) is 70.3 Å². The predicted molar refractivity (Wildman–Crippen MR) is 112 cm³/mol. The second-order valence-corrected chi connectivity index (χ2v) is 9.89. The van der Waals surface area contributed by atoms with Crippen molar-refractivity contribution in [1.29, 1.82) is 0 Å². The van der Waals surface area contributed by atoms with Crippen LogP contribution in [0.25, 0.3) is 0 Å². The van der Waals surface area contributed by atoms with Crippen molar-refractivity contribution in [3.05, 3.63) is 28.3 Å². The van der Waals surface area contributed by atoms with Crippen LogP contribution in [0.15, 0.2) is 6.07 Å². The Morgan fingerprint density at radius 2 is 1.79 bits per heavy atom. The van der Waals surface area contributed by atoms with Crippen LogP contribution in [-0.4, -0.2) is 96.1 Å². The van der Waals surface area contributed by atoms with E-state index in [4.69, 9.17) is 0 Å². The maximum atomic E-state index is 12.5. The Balaban J connectivity index is 0.00000225. The molecule has 1 unspecified atom stereocenters. The molecule has 1 aromatic carbocycles. The molecule has 0 bridgehead atoms. The van der Waals surface area contributed by atoms with E-state index in [-0.39, 0.29) is 63.1 Å². The third kappa shape index (κ3) is 5.02. The van der Waals surface area contributed by atoms with Crippen molar-refractivity contribution < 1.29 is 13.2 Å². The summed E-state index contributed by atoms with van der Waals surface area (Å²) in [4.78, 5) is 14.8. The van der Waals surface area contributed by atoms with E-state index in [1.54, 1.807) is 0 Å². The van der Waals surface area contributed by atoms with Crippen LogP contribution in [0.5, 0.6) is 0 Å². The minimum absolute atomic E-state index is 0. The maximum Gasteiger partial charge on any atom is 0.332 e. The Morgan fingerprint density at radius 3 is 2.36 bits per heavy atom. The summed E-state index contributed by atoms with van der Waals surface area (Å²) in [5.74, 6) is 0.113. The molecule has 149 valence electrons. The fraction of sp³-hybridized carbons (Fsp3) is 0.650. The quantitative estimate of drug-likeness (QED) is 0.701. The van der Waals surface area contributed by atoms with Crippen LogP contribution in [0.3, 0.4) is 0 Å². The summed E-state index contributed by atoms with van der Waals surface area (Å²) in [5.41, 5.74) is 5.93. The van der Waals surface area contributed by atoms with E-state index in [9.17, 15) is 13.2 Å². The molecular formula is C20H29KN3O3S. The van der Waals surface area contributed by atoms with Crippen molar-refractivity contribution in [2.24, 2.45) is 5.92 Å². The number of anilines is 1. The van der Waals surface area contributed by atoms with Gasteiger partial charge in [-0.05, 0) is 86.2 Å². The first-order chi connectivity index (χ1) is 12.9. The molecule has 3 aliphatic rings. The summed E-state index contributed by atoms with van der Waals surface area (Å²) in [7, 11) is -3.63. The molecule has 2 amide bonds.